The van der Waals surface area contributed by atoms with Crippen molar-refractivity contribution in [1.82, 2.24) is 34.3 Å². The summed E-state index contributed by atoms with van der Waals surface area (Å²) in [5.74, 6) is -0.315. The Morgan fingerprint density at radius 2 is 1.79 bits per heavy atom. The fourth-order valence-electron chi connectivity index (χ4n) is 4.45. The molecule has 0 unspecified atom stereocenters. The molecule has 174 valence electrons. The number of fused-ring (bicyclic) bond motifs is 1. The van der Waals surface area contributed by atoms with Crippen LogP contribution in [0.4, 0.5) is 0 Å². The first-order valence-corrected chi connectivity index (χ1v) is 11.3. The smallest absolute Gasteiger partial charge is 0.294 e. The van der Waals surface area contributed by atoms with Crippen LogP contribution < -0.4 is 0 Å². The van der Waals surface area contributed by atoms with Gasteiger partial charge in [0, 0.05) is 37.1 Å². The summed E-state index contributed by atoms with van der Waals surface area (Å²) in [5, 5.41) is 10.2. The molecule has 9 nitrogen and oxygen atoms in total. The fraction of sp³-hybridized carbons (Fsp3) is 0.292. The van der Waals surface area contributed by atoms with Crippen molar-refractivity contribution in [2.24, 2.45) is 7.05 Å². The summed E-state index contributed by atoms with van der Waals surface area (Å²) in [6.45, 7) is 5.02. The number of halogens is 1. The van der Waals surface area contributed by atoms with Gasteiger partial charge in [-0.1, -0.05) is 35.9 Å². The van der Waals surface area contributed by atoms with Gasteiger partial charge in [-0.15, -0.1) is 5.10 Å². The van der Waals surface area contributed by atoms with Gasteiger partial charge in [-0.2, -0.15) is 5.10 Å². The van der Waals surface area contributed by atoms with Crippen molar-refractivity contribution < 1.29 is 9.59 Å². The molecule has 0 radical (unpaired) electrons. The van der Waals surface area contributed by atoms with E-state index in [0.717, 1.165) is 16.6 Å². The summed E-state index contributed by atoms with van der Waals surface area (Å²) in [6.07, 6.45) is 1.50. The average Bonchev–Trinajstić information content (AvgIpc) is 3.43. The van der Waals surface area contributed by atoms with Crippen molar-refractivity contribution in [1.29, 1.82) is 0 Å². The van der Waals surface area contributed by atoms with Crippen molar-refractivity contribution in [3.63, 3.8) is 0 Å². The number of rotatable bonds is 3. The Labute approximate surface area is 201 Å². The molecule has 0 saturated carbocycles. The summed E-state index contributed by atoms with van der Waals surface area (Å²) in [4.78, 5) is 34.4. The molecule has 0 N–H and O–H groups in total. The van der Waals surface area contributed by atoms with Gasteiger partial charge in [0.15, 0.2) is 5.69 Å². The van der Waals surface area contributed by atoms with E-state index in [1.807, 2.05) is 57.3 Å². The van der Waals surface area contributed by atoms with Crippen LogP contribution in [0.3, 0.4) is 0 Å². The number of amides is 2. The maximum absolute atomic E-state index is 13.4. The van der Waals surface area contributed by atoms with Gasteiger partial charge in [-0.25, -0.2) is 9.67 Å². The van der Waals surface area contributed by atoms with E-state index in [2.05, 4.69) is 15.2 Å². The summed E-state index contributed by atoms with van der Waals surface area (Å²) in [7, 11) is 1.83. The number of aryl methyl sites for hydroxylation is 1. The Morgan fingerprint density at radius 3 is 2.56 bits per heavy atom. The van der Waals surface area contributed by atoms with E-state index in [1.54, 1.807) is 26.6 Å². The lowest BCUT2D eigenvalue weighted by atomic mass is 9.98. The third-order valence-corrected chi connectivity index (χ3v) is 6.39. The lowest BCUT2D eigenvalue weighted by Gasteiger charge is -2.46. The molecule has 3 heterocycles. The number of hydrogen-bond acceptors (Lipinski definition) is 5. The predicted molar refractivity (Wildman–Crippen MR) is 128 cm³/mol. The number of hydrogen-bond donors (Lipinski definition) is 0. The van der Waals surface area contributed by atoms with E-state index >= 15 is 0 Å². The highest BCUT2D eigenvalue weighted by molar-refractivity contribution is 6.30. The zero-order valence-corrected chi connectivity index (χ0v) is 19.9. The van der Waals surface area contributed by atoms with Crippen molar-refractivity contribution in [3.05, 3.63) is 71.4 Å². The molecule has 10 heteroatoms. The molecule has 2 aromatic heterocycles. The second-order valence-corrected chi connectivity index (χ2v) is 9.41. The molecule has 1 aliphatic heterocycles. The maximum atomic E-state index is 13.4. The normalized spacial score (nSPS) is 15.6. The van der Waals surface area contributed by atoms with Crippen molar-refractivity contribution in [2.75, 3.05) is 19.6 Å². The number of carbonyl (C=O) groups excluding carboxylic acids is 2. The molecule has 0 aliphatic carbocycles. The van der Waals surface area contributed by atoms with E-state index in [-0.39, 0.29) is 17.6 Å². The molecule has 1 aliphatic rings. The van der Waals surface area contributed by atoms with E-state index in [1.165, 1.54) is 11.0 Å². The summed E-state index contributed by atoms with van der Waals surface area (Å²) < 4.78 is 3.24. The van der Waals surface area contributed by atoms with Crippen LogP contribution in [0.25, 0.3) is 16.6 Å². The standard InChI is InChI=1S/C24H24ClN7O2/c1-24(2)14-30(22(33)20-18-9-4-5-10-19(18)29(3)27-20)11-12-31(24)23(34)21-26-15-32(28-21)17-8-6-7-16(25)13-17/h4-10,13,15H,11-12,14H2,1-3H3. The van der Waals surface area contributed by atoms with Gasteiger partial charge in [-0.05, 0) is 38.1 Å². The van der Waals surface area contributed by atoms with Crippen LogP contribution in [0.5, 0.6) is 0 Å². The van der Waals surface area contributed by atoms with Gasteiger partial charge in [0.25, 0.3) is 11.8 Å². The highest BCUT2D eigenvalue weighted by Gasteiger charge is 2.40. The van der Waals surface area contributed by atoms with E-state index in [9.17, 15) is 9.59 Å². The molecule has 34 heavy (non-hydrogen) atoms. The topological polar surface area (TPSA) is 89.2 Å². The minimum absolute atomic E-state index is 0.101. The number of nitrogens with zero attached hydrogens (tertiary/aromatic N) is 7. The second kappa shape index (κ2) is 8.25. The first-order valence-electron chi connectivity index (χ1n) is 11.0. The molecule has 1 fully saturated rings. The van der Waals surface area contributed by atoms with Crippen LogP contribution in [0.2, 0.25) is 5.02 Å². The van der Waals surface area contributed by atoms with Gasteiger partial charge >= 0.3 is 0 Å². The largest absolute Gasteiger partial charge is 0.333 e. The van der Waals surface area contributed by atoms with Crippen LogP contribution >= 0.6 is 11.6 Å². The van der Waals surface area contributed by atoms with Gasteiger partial charge < -0.3 is 9.80 Å². The number of carbonyl (C=O) groups is 2. The third kappa shape index (κ3) is 3.81. The predicted octanol–water partition coefficient (Wildman–Crippen LogP) is 3.18. The zero-order chi connectivity index (χ0) is 24.0. The van der Waals surface area contributed by atoms with Gasteiger partial charge in [0.05, 0.1) is 16.7 Å². The van der Waals surface area contributed by atoms with Crippen LogP contribution in [0, 0.1) is 0 Å². The molecule has 0 atom stereocenters. The maximum Gasteiger partial charge on any atom is 0.294 e. The second-order valence-electron chi connectivity index (χ2n) is 8.98. The minimum atomic E-state index is -0.614. The Kier molecular flexibility index (Phi) is 5.36. The molecular formula is C24H24ClN7O2. The molecule has 4 aromatic rings. The fourth-order valence-corrected chi connectivity index (χ4v) is 4.64. The summed E-state index contributed by atoms with van der Waals surface area (Å²) in [6, 6.07) is 14.8. The molecule has 2 aromatic carbocycles. The van der Waals surface area contributed by atoms with Gasteiger partial charge in [0.2, 0.25) is 5.82 Å². The Morgan fingerprint density at radius 1 is 1.00 bits per heavy atom. The Hall–Kier alpha value is -3.72. The number of piperazine rings is 1. The SMILES string of the molecule is Cn1nc(C(=O)N2CCN(C(=O)c3ncn(-c4cccc(Cl)c4)n3)C(C)(C)C2)c2ccccc21. The van der Waals surface area contributed by atoms with Crippen molar-refractivity contribution in [3.8, 4) is 5.69 Å². The molecular weight excluding hydrogens is 454 g/mol. The first-order chi connectivity index (χ1) is 16.2. The van der Waals surface area contributed by atoms with Crippen molar-refractivity contribution >= 4 is 34.3 Å². The number of para-hydroxylation sites is 1. The number of benzene rings is 2. The van der Waals surface area contributed by atoms with Crippen LogP contribution in [0.1, 0.15) is 35.0 Å². The summed E-state index contributed by atoms with van der Waals surface area (Å²) in [5.41, 5.74) is 1.43. The van der Waals surface area contributed by atoms with Gasteiger partial charge in [-0.3, -0.25) is 14.3 Å². The lowest BCUT2D eigenvalue weighted by molar-refractivity contribution is 0.0159. The lowest BCUT2D eigenvalue weighted by Crippen LogP contribution is -2.62. The van der Waals surface area contributed by atoms with Crippen LogP contribution in [-0.2, 0) is 7.05 Å². The van der Waals surface area contributed by atoms with Crippen LogP contribution in [-0.4, -0.2) is 71.3 Å². The van der Waals surface area contributed by atoms with E-state index in [0.29, 0.717) is 30.4 Å². The quantitative estimate of drug-likeness (QED) is 0.452. The first kappa shape index (κ1) is 22.1. The van der Waals surface area contributed by atoms with Crippen LogP contribution in [0.15, 0.2) is 54.9 Å². The average molecular weight is 478 g/mol. The van der Waals surface area contributed by atoms with E-state index < -0.39 is 5.54 Å². The highest BCUT2D eigenvalue weighted by Crippen LogP contribution is 2.26. The molecule has 5 rings (SSSR count). The Bertz CT molecular complexity index is 1410. The summed E-state index contributed by atoms with van der Waals surface area (Å²) >= 11 is 6.07. The van der Waals surface area contributed by atoms with Crippen molar-refractivity contribution in [2.45, 2.75) is 19.4 Å². The molecule has 0 bridgehead atoms. The number of aromatic nitrogens is 5. The minimum Gasteiger partial charge on any atom is -0.333 e. The molecule has 1 saturated heterocycles. The van der Waals surface area contributed by atoms with E-state index in [4.69, 9.17) is 11.6 Å². The zero-order valence-electron chi connectivity index (χ0n) is 19.1. The highest BCUT2D eigenvalue weighted by atomic mass is 35.5. The molecule has 2 amide bonds. The Balaban J connectivity index is 1.35. The monoisotopic (exact) mass is 477 g/mol. The van der Waals surface area contributed by atoms with Gasteiger partial charge in [0.1, 0.15) is 6.33 Å². The molecule has 0 spiro atoms. The third-order valence-electron chi connectivity index (χ3n) is 6.15.